The molecule has 0 atom stereocenters. The molecule has 2 nitrogen and oxygen atoms in total. The van der Waals surface area contributed by atoms with E-state index in [0.29, 0.717) is 6.61 Å². The fourth-order valence-electron chi connectivity index (χ4n) is 1.01. The maximum atomic E-state index is 5.51. The van der Waals surface area contributed by atoms with Gasteiger partial charge in [-0.15, -0.1) is 5.92 Å². The van der Waals surface area contributed by atoms with Crippen LogP contribution in [0.5, 0.6) is 5.75 Å². The van der Waals surface area contributed by atoms with Crippen molar-refractivity contribution in [2.45, 2.75) is 6.92 Å². The molecular weight excluding hydrogens is 254 g/mol. The molecule has 0 aromatic heterocycles. The highest BCUT2D eigenvalue weighted by Crippen LogP contribution is 2.15. The van der Waals surface area contributed by atoms with Gasteiger partial charge in [-0.05, 0) is 31.2 Å². The van der Waals surface area contributed by atoms with E-state index in [2.05, 4.69) is 33.1 Å². The summed E-state index contributed by atoms with van der Waals surface area (Å²) in [6, 6.07) is 7.81. The molecular formula is C12H14BrNO. The second-order valence-electron chi connectivity index (χ2n) is 2.91. The molecule has 15 heavy (non-hydrogen) atoms. The highest BCUT2D eigenvalue weighted by molar-refractivity contribution is 9.10. The SMILES string of the molecule is CC#CCNCCOc1ccc(Br)cc1. The first-order valence-electron chi connectivity index (χ1n) is 4.81. The minimum Gasteiger partial charge on any atom is -0.492 e. The van der Waals surface area contributed by atoms with Crippen molar-refractivity contribution >= 4 is 15.9 Å². The van der Waals surface area contributed by atoms with E-state index >= 15 is 0 Å². The van der Waals surface area contributed by atoms with Crippen molar-refractivity contribution in [1.29, 1.82) is 0 Å². The lowest BCUT2D eigenvalue weighted by Gasteiger charge is -2.05. The van der Waals surface area contributed by atoms with Crippen LogP contribution in [0.25, 0.3) is 0 Å². The van der Waals surface area contributed by atoms with Crippen molar-refractivity contribution in [3.63, 3.8) is 0 Å². The van der Waals surface area contributed by atoms with E-state index in [9.17, 15) is 0 Å². The van der Waals surface area contributed by atoms with Gasteiger partial charge < -0.3 is 10.1 Å². The van der Waals surface area contributed by atoms with Crippen molar-refractivity contribution in [3.8, 4) is 17.6 Å². The zero-order valence-corrected chi connectivity index (χ0v) is 10.3. The van der Waals surface area contributed by atoms with E-state index in [1.165, 1.54) is 0 Å². The number of benzene rings is 1. The van der Waals surface area contributed by atoms with E-state index < -0.39 is 0 Å². The Bertz CT molecular complexity index is 337. The van der Waals surface area contributed by atoms with Gasteiger partial charge in [0.25, 0.3) is 0 Å². The van der Waals surface area contributed by atoms with Crippen LogP contribution in [-0.2, 0) is 0 Å². The molecule has 0 aliphatic heterocycles. The highest BCUT2D eigenvalue weighted by atomic mass is 79.9. The van der Waals surface area contributed by atoms with Crippen molar-refractivity contribution in [2.24, 2.45) is 0 Å². The number of rotatable bonds is 5. The third-order valence-electron chi connectivity index (χ3n) is 1.75. The molecule has 1 aromatic rings. The lowest BCUT2D eigenvalue weighted by atomic mass is 10.3. The quantitative estimate of drug-likeness (QED) is 0.654. The molecule has 0 spiro atoms. The van der Waals surface area contributed by atoms with E-state index in [1.807, 2.05) is 31.2 Å². The Kier molecular flexibility index (Phi) is 5.91. The molecule has 0 bridgehead atoms. The molecule has 0 radical (unpaired) electrons. The number of hydrogen-bond donors (Lipinski definition) is 1. The van der Waals surface area contributed by atoms with Crippen LogP contribution in [0, 0.1) is 11.8 Å². The third kappa shape index (κ3) is 5.46. The lowest BCUT2D eigenvalue weighted by Crippen LogP contribution is -2.21. The average Bonchev–Trinajstić information content (AvgIpc) is 2.26. The van der Waals surface area contributed by atoms with Gasteiger partial charge in [0.1, 0.15) is 12.4 Å². The standard InChI is InChI=1S/C12H14BrNO/c1-2-3-8-14-9-10-15-12-6-4-11(13)5-7-12/h4-7,14H,8-10H2,1H3. The Balaban J connectivity index is 2.14. The molecule has 0 heterocycles. The molecule has 0 saturated carbocycles. The molecule has 1 N–H and O–H groups in total. The first kappa shape index (κ1) is 12.1. The van der Waals surface area contributed by atoms with Crippen LogP contribution in [0.15, 0.2) is 28.7 Å². The smallest absolute Gasteiger partial charge is 0.119 e. The molecule has 1 rings (SSSR count). The second-order valence-corrected chi connectivity index (χ2v) is 3.82. The molecule has 0 unspecified atom stereocenters. The predicted octanol–water partition coefficient (Wildman–Crippen LogP) is 2.44. The molecule has 0 fully saturated rings. The summed E-state index contributed by atoms with van der Waals surface area (Å²) >= 11 is 3.37. The molecule has 0 amide bonds. The van der Waals surface area contributed by atoms with Gasteiger partial charge in [-0.2, -0.15) is 0 Å². The molecule has 3 heteroatoms. The summed E-state index contributed by atoms with van der Waals surface area (Å²) in [5.74, 6) is 6.65. The second kappa shape index (κ2) is 7.33. The average molecular weight is 268 g/mol. The van der Waals surface area contributed by atoms with Gasteiger partial charge in [-0.1, -0.05) is 21.9 Å². The van der Waals surface area contributed by atoms with Crippen LogP contribution in [-0.4, -0.2) is 19.7 Å². The summed E-state index contributed by atoms with van der Waals surface area (Å²) in [6.07, 6.45) is 0. The Hall–Kier alpha value is -0.980. The number of hydrogen-bond acceptors (Lipinski definition) is 2. The topological polar surface area (TPSA) is 21.3 Å². The summed E-state index contributed by atoms with van der Waals surface area (Å²) in [5, 5.41) is 3.16. The minimum absolute atomic E-state index is 0.660. The van der Waals surface area contributed by atoms with Gasteiger partial charge in [0.15, 0.2) is 0 Å². The van der Waals surface area contributed by atoms with E-state index in [1.54, 1.807) is 0 Å². The Morgan fingerprint density at radius 1 is 1.33 bits per heavy atom. The van der Waals surface area contributed by atoms with Gasteiger partial charge in [-0.3, -0.25) is 0 Å². The zero-order chi connectivity index (χ0) is 10.9. The number of nitrogens with one attached hydrogen (secondary N) is 1. The monoisotopic (exact) mass is 267 g/mol. The summed E-state index contributed by atoms with van der Waals surface area (Å²) in [7, 11) is 0. The van der Waals surface area contributed by atoms with E-state index in [0.717, 1.165) is 23.3 Å². The molecule has 0 saturated heterocycles. The molecule has 80 valence electrons. The zero-order valence-electron chi connectivity index (χ0n) is 8.72. The summed E-state index contributed by atoms with van der Waals surface area (Å²) in [5.41, 5.74) is 0. The van der Waals surface area contributed by atoms with Crippen molar-refractivity contribution in [1.82, 2.24) is 5.32 Å². The van der Waals surface area contributed by atoms with Crippen molar-refractivity contribution in [2.75, 3.05) is 19.7 Å². The van der Waals surface area contributed by atoms with E-state index in [-0.39, 0.29) is 0 Å². The summed E-state index contributed by atoms with van der Waals surface area (Å²) < 4.78 is 6.57. The fourth-order valence-corrected chi connectivity index (χ4v) is 1.28. The van der Waals surface area contributed by atoms with Gasteiger partial charge in [0.2, 0.25) is 0 Å². The minimum atomic E-state index is 0.660. The third-order valence-corrected chi connectivity index (χ3v) is 2.28. The Morgan fingerprint density at radius 2 is 2.07 bits per heavy atom. The van der Waals surface area contributed by atoms with Gasteiger partial charge >= 0.3 is 0 Å². The Labute approximate surface area is 99.2 Å². The highest BCUT2D eigenvalue weighted by Gasteiger charge is 1.92. The predicted molar refractivity (Wildman–Crippen MR) is 66.0 cm³/mol. The van der Waals surface area contributed by atoms with Gasteiger partial charge in [0.05, 0.1) is 6.54 Å². The first-order valence-corrected chi connectivity index (χ1v) is 5.61. The van der Waals surface area contributed by atoms with Crippen LogP contribution in [0.4, 0.5) is 0 Å². The largest absolute Gasteiger partial charge is 0.492 e. The maximum absolute atomic E-state index is 5.51. The normalized spacial score (nSPS) is 9.20. The summed E-state index contributed by atoms with van der Waals surface area (Å²) in [4.78, 5) is 0. The van der Waals surface area contributed by atoms with Crippen LogP contribution >= 0.6 is 15.9 Å². The van der Waals surface area contributed by atoms with Crippen LogP contribution in [0.2, 0.25) is 0 Å². The molecule has 1 aromatic carbocycles. The van der Waals surface area contributed by atoms with Crippen molar-refractivity contribution < 1.29 is 4.74 Å². The van der Waals surface area contributed by atoms with E-state index in [4.69, 9.17) is 4.74 Å². The fraction of sp³-hybridized carbons (Fsp3) is 0.333. The lowest BCUT2D eigenvalue weighted by molar-refractivity contribution is 0.316. The van der Waals surface area contributed by atoms with Gasteiger partial charge in [0, 0.05) is 11.0 Å². The summed E-state index contributed by atoms with van der Waals surface area (Å²) in [6.45, 7) is 4.03. The van der Waals surface area contributed by atoms with Crippen LogP contribution in [0.3, 0.4) is 0 Å². The Morgan fingerprint density at radius 3 is 2.73 bits per heavy atom. The number of halogens is 1. The van der Waals surface area contributed by atoms with Gasteiger partial charge in [-0.25, -0.2) is 0 Å². The first-order chi connectivity index (χ1) is 7.33. The number of ether oxygens (including phenoxy) is 1. The molecule has 0 aliphatic carbocycles. The van der Waals surface area contributed by atoms with Crippen molar-refractivity contribution in [3.05, 3.63) is 28.7 Å². The van der Waals surface area contributed by atoms with Crippen LogP contribution < -0.4 is 10.1 Å². The van der Waals surface area contributed by atoms with Crippen LogP contribution in [0.1, 0.15) is 6.92 Å². The molecule has 0 aliphatic rings. The maximum Gasteiger partial charge on any atom is 0.119 e.